The first-order valence-electron chi connectivity index (χ1n) is 6.22. The number of aromatic nitrogens is 1. The van der Waals surface area contributed by atoms with E-state index in [1.165, 1.54) is 26.9 Å². The first kappa shape index (κ1) is 15.2. The predicted octanol–water partition coefficient (Wildman–Crippen LogP) is 2.92. The fraction of sp³-hybridized carbons (Fsp3) is 0.286. The molecule has 1 heterocycles. The minimum atomic E-state index is -0.166. The minimum Gasteiger partial charge on any atom is -0.495 e. The van der Waals surface area contributed by atoms with Crippen LogP contribution in [0.4, 0.5) is 5.69 Å². The van der Waals surface area contributed by atoms with Crippen LogP contribution >= 0.6 is 11.6 Å². The van der Waals surface area contributed by atoms with E-state index in [0.717, 1.165) is 5.69 Å². The van der Waals surface area contributed by atoms with Crippen molar-refractivity contribution in [2.24, 2.45) is 0 Å². The van der Waals surface area contributed by atoms with E-state index in [4.69, 9.17) is 25.5 Å². The lowest BCUT2D eigenvalue weighted by Gasteiger charge is -2.13. The lowest BCUT2D eigenvalue weighted by Crippen LogP contribution is -2.13. The molecule has 6 nitrogen and oxygen atoms in total. The smallest absolute Gasteiger partial charge is 0.224 e. The van der Waals surface area contributed by atoms with Gasteiger partial charge in [-0.3, -0.25) is 4.79 Å². The maximum absolute atomic E-state index is 12.0. The van der Waals surface area contributed by atoms with Gasteiger partial charge in [0.2, 0.25) is 5.91 Å². The molecule has 0 aliphatic rings. The van der Waals surface area contributed by atoms with Crippen molar-refractivity contribution in [3.05, 3.63) is 35.5 Å². The van der Waals surface area contributed by atoms with Gasteiger partial charge < -0.3 is 19.2 Å². The Bertz CT molecular complexity index is 614. The standard InChI is InChI=1S/C14H15ClN2O4/c1-19-12-6-11(13(20-2)5-10(12)15)17-14(18)4-3-9-7-21-8-16-9/h5-8H,3-4H2,1-2H3,(H,17,18). The second kappa shape index (κ2) is 6.99. The van der Waals surface area contributed by atoms with Crippen LogP contribution in [-0.2, 0) is 11.2 Å². The highest BCUT2D eigenvalue weighted by Gasteiger charge is 2.13. The van der Waals surface area contributed by atoms with E-state index in [1.807, 2.05) is 0 Å². The van der Waals surface area contributed by atoms with Crippen LogP contribution in [-0.4, -0.2) is 25.1 Å². The maximum atomic E-state index is 12.0. The molecule has 2 rings (SSSR count). The highest BCUT2D eigenvalue weighted by molar-refractivity contribution is 6.32. The van der Waals surface area contributed by atoms with Gasteiger partial charge in [-0.25, -0.2) is 4.98 Å². The third kappa shape index (κ3) is 3.88. The summed E-state index contributed by atoms with van der Waals surface area (Å²) in [6.45, 7) is 0. The third-order valence-electron chi connectivity index (χ3n) is 2.84. The molecular weight excluding hydrogens is 296 g/mol. The van der Waals surface area contributed by atoms with E-state index in [1.54, 1.807) is 12.1 Å². The van der Waals surface area contributed by atoms with Crippen molar-refractivity contribution >= 4 is 23.2 Å². The van der Waals surface area contributed by atoms with Gasteiger partial charge in [0.1, 0.15) is 17.8 Å². The van der Waals surface area contributed by atoms with Crippen LogP contribution in [0.25, 0.3) is 0 Å². The zero-order valence-electron chi connectivity index (χ0n) is 11.7. The number of ether oxygens (including phenoxy) is 2. The van der Waals surface area contributed by atoms with Crippen molar-refractivity contribution in [1.82, 2.24) is 4.98 Å². The molecule has 21 heavy (non-hydrogen) atoms. The molecule has 0 aliphatic heterocycles. The van der Waals surface area contributed by atoms with E-state index in [2.05, 4.69) is 10.3 Å². The molecule has 0 radical (unpaired) electrons. The molecule has 0 aliphatic carbocycles. The summed E-state index contributed by atoms with van der Waals surface area (Å²) in [5.74, 6) is 0.764. The number of anilines is 1. The van der Waals surface area contributed by atoms with Gasteiger partial charge in [0.25, 0.3) is 0 Å². The molecule has 0 fully saturated rings. The number of hydrogen-bond donors (Lipinski definition) is 1. The average Bonchev–Trinajstić information content (AvgIpc) is 2.99. The largest absolute Gasteiger partial charge is 0.495 e. The Hall–Kier alpha value is -2.21. The van der Waals surface area contributed by atoms with E-state index in [9.17, 15) is 4.79 Å². The zero-order chi connectivity index (χ0) is 15.2. The lowest BCUT2D eigenvalue weighted by molar-refractivity contribution is -0.116. The number of amides is 1. The van der Waals surface area contributed by atoms with E-state index in [-0.39, 0.29) is 12.3 Å². The second-order valence-electron chi connectivity index (χ2n) is 4.21. The Balaban J connectivity index is 2.05. The topological polar surface area (TPSA) is 73.6 Å². The fourth-order valence-corrected chi connectivity index (χ4v) is 2.00. The number of carbonyl (C=O) groups is 1. The van der Waals surface area contributed by atoms with Gasteiger partial charge in [0.05, 0.1) is 30.6 Å². The van der Waals surface area contributed by atoms with Gasteiger partial charge >= 0.3 is 0 Å². The lowest BCUT2D eigenvalue weighted by atomic mass is 10.2. The molecule has 0 unspecified atom stereocenters. The fourth-order valence-electron chi connectivity index (χ4n) is 1.77. The van der Waals surface area contributed by atoms with Gasteiger partial charge in [-0.15, -0.1) is 0 Å². The molecular formula is C14H15ClN2O4. The Kier molecular flexibility index (Phi) is 5.05. The maximum Gasteiger partial charge on any atom is 0.224 e. The van der Waals surface area contributed by atoms with Crippen molar-refractivity contribution in [1.29, 1.82) is 0 Å². The summed E-state index contributed by atoms with van der Waals surface area (Å²) in [6, 6.07) is 3.21. The molecule has 0 atom stereocenters. The number of hydrogen-bond acceptors (Lipinski definition) is 5. The first-order chi connectivity index (χ1) is 10.1. The zero-order valence-corrected chi connectivity index (χ0v) is 12.4. The molecule has 1 aromatic carbocycles. The number of methoxy groups -OCH3 is 2. The number of rotatable bonds is 6. The van der Waals surface area contributed by atoms with Gasteiger partial charge in [0, 0.05) is 25.0 Å². The Morgan fingerprint density at radius 3 is 2.71 bits per heavy atom. The van der Waals surface area contributed by atoms with Crippen LogP contribution in [0.3, 0.4) is 0 Å². The number of nitrogens with zero attached hydrogens (tertiary/aromatic N) is 1. The molecule has 112 valence electrons. The summed E-state index contributed by atoms with van der Waals surface area (Å²) < 4.78 is 15.2. The Morgan fingerprint density at radius 1 is 1.33 bits per heavy atom. The van der Waals surface area contributed by atoms with Crippen molar-refractivity contribution < 1.29 is 18.7 Å². The van der Waals surface area contributed by atoms with E-state index >= 15 is 0 Å². The number of nitrogens with one attached hydrogen (secondary N) is 1. The first-order valence-corrected chi connectivity index (χ1v) is 6.60. The van der Waals surface area contributed by atoms with Gasteiger partial charge in [-0.05, 0) is 0 Å². The molecule has 0 saturated heterocycles. The Morgan fingerprint density at radius 2 is 2.10 bits per heavy atom. The molecule has 1 aromatic heterocycles. The average molecular weight is 311 g/mol. The number of oxazole rings is 1. The third-order valence-corrected chi connectivity index (χ3v) is 3.14. The predicted molar refractivity (Wildman–Crippen MR) is 78.0 cm³/mol. The summed E-state index contributed by atoms with van der Waals surface area (Å²) in [6.07, 6.45) is 3.62. The highest BCUT2D eigenvalue weighted by atomic mass is 35.5. The van der Waals surface area contributed by atoms with Gasteiger partial charge in [-0.1, -0.05) is 11.6 Å². The van der Waals surface area contributed by atoms with Crippen molar-refractivity contribution in [2.45, 2.75) is 12.8 Å². The summed E-state index contributed by atoms with van der Waals surface area (Å²) in [4.78, 5) is 15.9. The SMILES string of the molecule is COc1cc(NC(=O)CCc2cocn2)c(OC)cc1Cl. The van der Waals surface area contributed by atoms with Crippen LogP contribution in [0.5, 0.6) is 11.5 Å². The number of benzene rings is 1. The van der Waals surface area contributed by atoms with Crippen LogP contribution < -0.4 is 14.8 Å². The molecule has 7 heteroatoms. The number of aryl methyl sites for hydroxylation is 1. The molecule has 0 bridgehead atoms. The number of halogens is 1. The summed E-state index contributed by atoms with van der Waals surface area (Å²) >= 11 is 6.01. The monoisotopic (exact) mass is 310 g/mol. The quantitative estimate of drug-likeness (QED) is 0.888. The van der Waals surface area contributed by atoms with E-state index < -0.39 is 0 Å². The summed E-state index contributed by atoms with van der Waals surface area (Å²) in [7, 11) is 3.01. The highest BCUT2D eigenvalue weighted by Crippen LogP contribution is 2.35. The molecule has 0 saturated carbocycles. The Labute approximate surface area is 127 Å². The summed E-state index contributed by atoms with van der Waals surface area (Å²) in [5.41, 5.74) is 1.23. The normalized spacial score (nSPS) is 10.2. The van der Waals surface area contributed by atoms with Crippen LogP contribution in [0, 0.1) is 0 Å². The number of carbonyl (C=O) groups excluding carboxylic acids is 1. The van der Waals surface area contributed by atoms with Gasteiger partial charge in [0.15, 0.2) is 6.39 Å². The molecule has 1 N–H and O–H groups in total. The van der Waals surface area contributed by atoms with Crippen LogP contribution in [0.1, 0.15) is 12.1 Å². The summed E-state index contributed by atoms with van der Waals surface area (Å²) in [5, 5.41) is 3.18. The minimum absolute atomic E-state index is 0.166. The van der Waals surface area contributed by atoms with Crippen molar-refractivity contribution in [2.75, 3.05) is 19.5 Å². The van der Waals surface area contributed by atoms with Crippen LogP contribution in [0.15, 0.2) is 29.2 Å². The van der Waals surface area contributed by atoms with Crippen molar-refractivity contribution in [3.8, 4) is 11.5 Å². The molecule has 2 aromatic rings. The van der Waals surface area contributed by atoms with E-state index in [0.29, 0.717) is 28.6 Å². The van der Waals surface area contributed by atoms with Gasteiger partial charge in [-0.2, -0.15) is 0 Å². The van der Waals surface area contributed by atoms with Crippen LogP contribution in [0.2, 0.25) is 5.02 Å². The second-order valence-corrected chi connectivity index (χ2v) is 4.62. The molecule has 1 amide bonds. The van der Waals surface area contributed by atoms with Crippen molar-refractivity contribution in [3.63, 3.8) is 0 Å². The molecule has 0 spiro atoms.